The summed E-state index contributed by atoms with van der Waals surface area (Å²) in [6, 6.07) is 0. The van der Waals surface area contributed by atoms with Crippen LogP contribution in [0.25, 0.3) is 0 Å². The lowest BCUT2D eigenvalue weighted by Gasteiger charge is -2.20. The van der Waals surface area contributed by atoms with Crippen molar-refractivity contribution >= 4 is 39.8 Å². The zero-order valence-corrected chi connectivity index (χ0v) is 14.6. The molecule has 2 N–H and O–H groups in total. The predicted octanol–water partition coefficient (Wildman–Crippen LogP) is 0.0712. The average Bonchev–Trinajstić information content (AvgIpc) is 2.68. The van der Waals surface area contributed by atoms with Crippen LogP contribution in [0.5, 0.6) is 0 Å². The number of halogens is 1. The fourth-order valence-electron chi connectivity index (χ4n) is 1.87. The first-order valence-corrected chi connectivity index (χ1v) is 8.37. The van der Waals surface area contributed by atoms with Crippen LogP contribution in [0.15, 0.2) is 4.99 Å². The summed E-state index contributed by atoms with van der Waals surface area (Å²) >= 11 is 0. The van der Waals surface area contributed by atoms with Crippen molar-refractivity contribution in [3.8, 4) is 0 Å². The van der Waals surface area contributed by atoms with E-state index in [9.17, 15) is 13.5 Å². The number of hydrogen-bond acceptors (Lipinski definition) is 4. The highest BCUT2D eigenvalue weighted by Gasteiger charge is 2.22. The van der Waals surface area contributed by atoms with Crippen molar-refractivity contribution in [3.63, 3.8) is 0 Å². The molecule has 1 rings (SSSR count). The van der Waals surface area contributed by atoms with E-state index in [0.717, 1.165) is 25.5 Å². The van der Waals surface area contributed by atoms with Crippen LogP contribution in [0.2, 0.25) is 0 Å². The van der Waals surface area contributed by atoms with Gasteiger partial charge < -0.3 is 15.3 Å². The highest BCUT2D eigenvalue weighted by atomic mass is 127. The van der Waals surface area contributed by atoms with Gasteiger partial charge in [0.2, 0.25) is 0 Å². The number of nitrogens with zero attached hydrogens (tertiary/aromatic N) is 2. The Morgan fingerprint density at radius 1 is 1.53 bits per heavy atom. The molecule has 0 spiro atoms. The second kappa shape index (κ2) is 8.96. The minimum absolute atomic E-state index is 0. The molecule has 0 bridgehead atoms. The maximum atomic E-state index is 11.0. The Labute approximate surface area is 132 Å². The van der Waals surface area contributed by atoms with Crippen LogP contribution in [0.3, 0.4) is 0 Å². The van der Waals surface area contributed by atoms with Crippen LogP contribution in [0.4, 0.5) is 0 Å². The van der Waals surface area contributed by atoms with Crippen molar-refractivity contribution in [2.45, 2.75) is 25.9 Å². The molecule has 0 aromatic heterocycles. The van der Waals surface area contributed by atoms with Gasteiger partial charge in [0.25, 0.3) is 0 Å². The molecule has 1 aliphatic heterocycles. The summed E-state index contributed by atoms with van der Waals surface area (Å²) in [6.07, 6.45) is 2.24. The van der Waals surface area contributed by atoms with Gasteiger partial charge in [0.15, 0.2) is 5.96 Å². The van der Waals surface area contributed by atoms with E-state index in [2.05, 4.69) is 10.3 Å². The van der Waals surface area contributed by atoms with Gasteiger partial charge in [0, 0.05) is 32.4 Å². The Hall–Kier alpha value is -0.0900. The van der Waals surface area contributed by atoms with Gasteiger partial charge in [0.05, 0.1) is 11.9 Å². The van der Waals surface area contributed by atoms with E-state index < -0.39 is 9.84 Å². The van der Waals surface area contributed by atoms with Gasteiger partial charge in [-0.25, -0.2) is 8.42 Å². The van der Waals surface area contributed by atoms with Crippen molar-refractivity contribution in [1.29, 1.82) is 0 Å². The van der Waals surface area contributed by atoms with E-state index in [1.807, 2.05) is 11.8 Å². The molecule has 0 amide bonds. The number of rotatable bonds is 5. The SMILES string of the molecule is CCNC(=NCCCS(C)(=O)=O)N1CC[C@@H](O)C1.I. The van der Waals surface area contributed by atoms with Crippen LogP contribution >= 0.6 is 24.0 Å². The van der Waals surface area contributed by atoms with Crippen LogP contribution in [0, 0.1) is 0 Å². The summed E-state index contributed by atoms with van der Waals surface area (Å²) in [4.78, 5) is 6.40. The summed E-state index contributed by atoms with van der Waals surface area (Å²) in [7, 11) is -2.91. The molecule has 1 fully saturated rings. The lowest BCUT2D eigenvalue weighted by Crippen LogP contribution is -2.40. The van der Waals surface area contributed by atoms with E-state index in [4.69, 9.17) is 0 Å². The first-order valence-electron chi connectivity index (χ1n) is 6.31. The molecular weight excluding hydrogens is 381 g/mol. The molecule has 1 heterocycles. The molecule has 1 aliphatic rings. The Kier molecular flexibility index (Phi) is 8.92. The monoisotopic (exact) mass is 405 g/mol. The lowest BCUT2D eigenvalue weighted by molar-refractivity contribution is 0.188. The molecule has 0 radical (unpaired) electrons. The number of nitrogens with one attached hydrogen (secondary N) is 1. The first-order chi connectivity index (χ1) is 8.42. The van der Waals surface area contributed by atoms with Gasteiger partial charge in [-0.1, -0.05) is 0 Å². The number of guanidine groups is 1. The third kappa shape index (κ3) is 7.93. The smallest absolute Gasteiger partial charge is 0.194 e. The van der Waals surface area contributed by atoms with Gasteiger partial charge in [0.1, 0.15) is 9.84 Å². The number of sulfone groups is 1. The minimum Gasteiger partial charge on any atom is -0.391 e. The van der Waals surface area contributed by atoms with E-state index in [1.54, 1.807) is 0 Å². The van der Waals surface area contributed by atoms with E-state index >= 15 is 0 Å². The maximum absolute atomic E-state index is 11.0. The van der Waals surface area contributed by atoms with E-state index in [-0.39, 0.29) is 35.8 Å². The maximum Gasteiger partial charge on any atom is 0.194 e. The second-order valence-electron chi connectivity index (χ2n) is 4.61. The zero-order valence-electron chi connectivity index (χ0n) is 11.5. The van der Waals surface area contributed by atoms with Crippen molar-refractivity contribution in [3.05, 3.63) is 0 Å². The summed E-state index contributed by atoms with van der Waals surface area (Å²) < 4.78 is 22.0. The van der Waals surface area contributed by atoms with Gasteiger partial charge in [-0.05, 0) is 19.8 Å². The predicted molar refractivity (Wildman–Crippen MR) is 87.9 cm³/mol. The van der Waals surface area contributed by atoms with Gasteiger partial charge in [-0.2, -0.15) is 0 Å². The molecule has 0 saturated carbocycles. The highest BCUT2D eigenvalue weighted by molar-refractivity contribution is 14.0. The standard InChI is InChI=1S/C11H23N3O3S.HI/c1-3-12-11(14-7-5-10(15)9-14)13-6-4-8-18(2,16)17;/h10,15H,3-9H2,1-2H3,(H,12,13);1H/t10-;/m1./s1. The number of hydrogen-bond donors (Lipinski definition) is 2. The van der Waals surface area contributed by atoms with Gasteiger partial charge in [-0.15, -0.1) is 24.0 Å². The Morgan fingerprint density at radius 2 is 2.21 bits per heavy atom. The lowest BCUT2D eigenvalue weighted by atomic mass is 10.3. The Bertz CT molecular complexity index is 387. The summed E-state index contributed by atoms with van der Waals surface area (Å²) in [5.74, 6) is 0.931. The average molecular weight is 405 g/mol. The molecule has 1 atom stereocenters. The minimum atomic E-state index is -2.91. The van der Waals surface area contributed by atoms with Crippen LogP contribution in [0.1, 0.15) is 19.8 Å². The van der Waals surface area contributed by atoms with Crippen molar-refractivity contribution in [2.75, 3.05) is 38.2 Å². The Balaban J connectivity index is 0.00000324. The fourth-order valence-corrected chi connectivity index (χ4v) is 2.53. The molecule has 0 aliphatic carbocycles. The van der Waals surface area contributed by atoms with Crippen molar-refractivity contribution in [1.82, 2.24) is 10.2 Å². The number of likely N-dealkylation sites (tertiary alicyclic amines) is 1. The molecule has 19 heavy (non-hydrogen) atoms. The zero-order chi connectivity index (χ0) is 13.6. The molecule has 0 aromatic rings. The number of β-amino-alcohol motifs (C(OH)–C–C–N with tert-alkyl or cyclic N) is 1. The molecule has 6 nitrogen and oxygen atoms in total. The third-order valence-electron chi connectivity index (χ3n) is 2.73. The summed E-state index contributed by atoms with van der Waals surface area (Å²) in [5, 5.41) is 12.6. The number of aliphatic hydroxyl groups excluding tert-OH is 1. The fraction of sp³-hybridized carbons (Fsp3) is 0.909. The van der Waals surface area contributed by atoms with Crippen molar-refractivity contribution in [2.24, 2.45) is 4.99 Å². The largest absolute Gasteiger partial charge is 0.391 e. The molecule has 0 unspecified atom stereocenters. The number of aliphatic hydroxyl groups is 1. The normalized spacial score (nSPS) is 20.3. The highest BCUT2D eigenvalue weighted by Crippen LogP contribution is 2.08. The third-order valence-corrected chi connectivity index (χ3v) is 3.76. The van der Waals surface area contributed by atoms with E-state index in [1.165, 1.54) is 6.26 Å². The molecule has 0 aromatic carbocycles. The van der Waals surface area contributed by atoms with Crippen LogP contribution in [-0.4, -0.2) is 68.7 Å². The second-order valence-corrected chi connectivity index (χ2v) is 6.87. The Morgan fingerprint density at radius 3 is 2.68 bits per heavy atom. The van der Waals surface area contributed by atoms with E-state index in [0.29, 0.717) is 19.5 Å². The van der Waals surface area contributed by atoms with Crippen molar-refractivity contribution < 1.29 is 13.5 Å². The molecule has 8 heteroatoms. The summed E-state index contributed by atoms with van der Waals surface area (Å²) in [5.41, 5.74) is 0. The van der Waals surface area contributed by atoms with Gasteiger partial charge in [-0.3, -0.25) is 4.99 Å². The molecular formula is C11H24IN3O3S. The van der Waals surface area contributed by atoms with Crippen LogP contribution < -0.4 is 5.32 Å². The van der Waals surface area contributed by atoms with Crippen LogP contribution in [-0.2, 0) is 9.84 Å². The van der Waals surface area contributed by atoms with Gasteiger partial charge >= 0.3 is 0 Å². The number of aliphatic imine (C=N–C) groups is 1. The quantitative estimate of drug-likeness (QED) is 0.293. The molecule has 114 valence electrons. The topological polar surface area (TPSA) is 82.0 Å². The first kappa shape index (κ1) is 18.9. The summed E-state index contributed by atoms with van der Waals surface area (Å²) in [6.45, 7) is 4.62. The molecule has 1 saturated heterocycles.